The summed E-state index contributed by atoms with van der Waals surface area (Å²) >= 11 is 0. The second-order valence-corrected chi connectivity index (χ2v) is 5.59. The van der Waals surface area contributed by atoms with Gasteiger partial charge >= 0.3 is 5.97 Å². The van der Waals surface area contributed by atoms with Gasteiger partial charge in [0, 0.05) is 6.04 Å². The van der Waals surface area contributed by atoms with Crippen LogP contribution in [0.3, 0.4) is 0 Å². The van der Waals surface area contributed by atoms with Crippen molar-refractivity contribution in [2.75, 3.05) is 7.11 Å². The molecular formula is C14H24N4O3. The molecule has 118 valence electrons. The molecular weight excluding hydrogens is 272 g/mol. The van der Waals surface area contributed by atoms with Gasteiger partial charge in [-0.1, -0.05) is 31.9 Å². The Morgan fingerprint density at radius 2 is 2.05 bits per heavy atom. The van der Waals surface area contributed by atoms with E-state index in [1.807, 2.05) is 6.92 Å². The second kappa shape index (κ2) is 8.39. The normalized spacial score (nSPS) is 12.2. The maximum Gasteiger partial charge on any atom is 0.360 e. The zero-order valence-corrected chi connectivity index (χ0v) is 13.1. The third-order valence-corrected chi connectivity index (χ3v) is 3.06. The molecule has 1 heterocycles. The molecule has 0 fully saturated rings. The average Bonchev–Trinajstić information content (AvgIpc) is 2.85. The van der Waals surface area contributed by atoms with Crippen LogP contribution >= 0.6 is 0 Å². The van der Waals surface area contributed by atoms with Crippen molar-refractivity contribution in [2.45, 2.75) is 52.6 Å². The fourth-order valence-corrected chi connectivity index (χ4v) is 1.95. The summed E-state index contributed by atoms with van der Waals surface area (Å²) in [5, 5.41) is 10.3. The number of carbonyl (C=O) groups excluding carboxylic acids is 2. The van der Waals surface area contributed by atoms with Crippen molar-refractivity contribution in [3.05, 3.63) is 11.9 Å². The Morgan fingerprint density at radius 1 is 1.33 bits per heavy atom. The third kappa shape index (κ3) is 6.37. The minimum absolute atomic E-state index is 0.0402. The van der Waals surface area contributed by atoms with Gasteiger partial charge in [-0.25, -0.2) is 9.48 Å². The minimum Gasteiger partial charge on any atom is -0.464 e. The molecule has 1 rings (SSSR count). The van der Waals surface area contributed by atoms with Gasteiger partial charge in [0.15, 0.2) is 5.69 Å². The lowest BCUT2D eigenvalue weighted by atomic mass is 10.0. The van der Waals surface area contributed by atoms with E-state index in [1.54, 1.807) is 0 Å². The van der Waals surface area contributed by atoms with Gasteiger partial charge in [-0.05, 0) is 19.3 Å². The number of rotatable bonds is 8. The quantitative estimate of drug-likeness (QED) is 0.733. The highest BCUT2D eigenvalue weighted by Crippen LogP contribution is 2.08. The van der Waals surface area contributed by atoms with E-state index in [0.29, 0.717) is 5.92 Å². The van der Waals surface area contributed by atoms with Crippen LogP contribution in [0, 0.1) is 5.92 Å². The number of esters is 1. The van der Waals surface area contributed by atoms with Crippen molar-refractivity contribution >= 4 is 11.9 Å². The highest BCUT2D eigenvalue weighted by Gasteiger charge is 2.13. The maximum absolute atomic E-state index is 11.9. The van der Waals surface area contributed by atoms with E-state index in [-0.39, 0.29) is 24.2 Å². The third-order valence-electron chi connectivity index (χ3n) is 3.06. The molecule has 1 atom stereocenters. The van der Waals surface area contributed by atoms with Crippen molar-refractivity contribution in [3.8, 4) is 0 Å². The number of hydrogen-bond donors (Lipinski definition) is 1. The van der Waals surface area contributed by atoms with Gasteiger partial charge in [0.25, 0.3) is 0 Å². The molecule has 0 aliphatic rings. The molecule has 0 saturated carbocycles. The molecule has 1 unspecified atom stereocenters. The van der Waals surface area contributed by atoms with Crippen LogP contribution in [-0.2, 0) is 16.1 Å². The summed E-state index contributed by atoms with van der Waals surface area (Å²) in [5.41, 5.74) is 0.0929. The summed E-state index contributed by atoms with van der Waals surface area (Å²) in [7, 11) is 1.27. The largest absolute Gasteiger partial charge is 0.464 e. The average molecular weight is 296 g/mol. The number of methoxy groups -OCH3 is 1. The van der Waals surface area contributed by atoms with Crippen LogP contribution in [0.1, 0.15) is 50.5 Å². The molecule has 0 aliphatic carbocycles. The van der Waals surface area contributed by atoms with Crippen molar-refractivity contribution in [1.29, 1.82) is 0 Å². The van der Waals surface area contributed by atoms with Gasteiger partial charge in [0.1, 0.15) is 6.54 Å². The Kier molecular flexibility index (Phi) is 6.84. The van der Waals surface area contributed by atoms with Gasteiger partial charge in [-0.2, -0.15) is 0 Å². The fraction of sp³-hybridized carbons (Fsp3) is 0.714. The first-order chi connectivity index (χ1) is 9.92. The van der Waals surface area contributed by atoms with Gasteiger partial charge in [-0.15, -0.1) is 5.10 Å². The molecule has 1 N–H and O–H groups in total. The second-order valence-electron chi connectivity index (χ2n) is 5.59. The number of nitrogens with one attached hydrogen (secondary N) is 1. The maximum atomic E-state index is 11.9. The van der Waals surface area contributed by atoms with Crippen LogP contribution in [0.25, 0.3) is 0 Å². The van der Waals surface area contributed by atoms with Gasteiger partial charge in [-0.3, -0.25) is 4.79 Å². The molecule has 0 aliphatic heterocycles. The number of aromatic nitrogens is 3. The lowest BCUT2D eigenvalue weighted by molar-refractivity contribution is -0.122. The van der Waals surface area contributed by atoms with Crippen molar-refractivity contribution < 1.29 is 14.3 Å². The Hall–Kier alpha value is -1.92. The fourth-order valence-electron chi connectivity index (χ4n) is 1.95. The summed E-state index contributed by atoms with van der Waals surface area (Å²) in [4.78, 5) is 23.1. The van der Waals surface area contributed by atoms with Crippen LogP contribution < -0.4 is 5.32 Å². The van der Waals surface area contributed by atoms with Gasteiger partial charge in [0.2, 0.25) is 5.91 Å². The number of hydrogen-bond acceptors (Lipinski definition) is 5. The minimum atomic E-state index is -0.566. The van der Waals surface area contributed by atoms with Crippen LogP contribution in [-0.4, -0.2) is 40.0 Å². The molecule has 0 spiro atoms. The van der Waals surface area contributed by atoms with E-state index in [9.17, 15) is 9.59 Å². The molecule has 7 nitrogen and oxygen atoms in total. The zero-order valence-electron chi connectivity index (χ0n) is 13.1. The standard InChI is InChI=1S/C14H24N4O3/c1-10(2)6-5-7-11(3)15-13(19)9-18-8-12(16-17-18)14(20)21-4/h8,10-11H,5-7,9H2,1-4H3,(H,15,19). The Morgan fingerprint density at radius 3 is 2.67 bits per heavy atom. The number of nitrogens with zero attached hydrogens (tertiary/aromatic N) is 3. The first-order valence-corrected chi connectivity index (χ1v) is 7.20. The molecule has 0 bridgehead atoms. The van der Waals surface area contributed by atoms with Crippen LogP contribution in [0.2, 0.25) is 0 Å². The van der Waals surface area contributed by atoms with Gasteiger partial charge < -0.3 is 10.1 Å². The number of ether oxygens (including phenoxy) is 1. The first-order valence-electron chi connectivity index (χ1n) is 7.20. The lowest BCUT2D eigenvalue weighted by Gasteiger charge is -2.14. The smallest absolute Gasteiger partial charge is 0.360 e. The van der Waals surface area contributed by atoms with E-state index in [2.05, 4.69) is 34.2 Å². The predicted molar refractivity (Wildman–Crippen MR) is 77.7 cm³/mol. The van der Waals surface area contributed by atoms with E-state index >= 15 is 0 Å². The highest BCUT2D eigenvalue weighted by atomic mass is 16.5. The molecule has 21 heavy (non-hydrogen) atoms. The zero-order chi connectivity index (χ0) is 15.8. The van der Waals surface area contributed by atoms with Gasteiger partial charge in [0.05, 0.1) is 13.3 Å². The van der Waals surface area contributed by atoms with Crippen LogP contribution in [0.15, 0.2) is 6.20 Å². The van der Waals surface area contributed by atoms with Crippen LogP contribution in [0.4, 0.5) is 0 Å². The van der Waals surface area contributed by atoms with E-state index < -0.39 is 5.97 Å². The Bertz CT molecular complexity index is 471. The molecule has 0 saturated heterocycles. The SMILES string of the molecule is COC(=O)c1cn(CC(=O)NC(C)CCCC(C)C)nn1. The summed E-state index contributed by atoms with van der Waals surface area (Å²) in [6.45, 7) is 6.40. The summed E-state index contributed by atoms with van der Waals surface area (Å²) in [6, 6.07) is 0.125. The molecule has 1 aromatic rings. The molecule has 7 heteroatoms. The number of carbonyl (C=O) groups is 2. The van der Waals surface area contributed by atoms with Crippen LogP contribution in [0.5, 0.6) is 0 Å². The molecule has 1 aromatic heterocycles. The van der Waals surface area contributed by atoms with Crippen molar-refractivity contribution in [3.63, 3.8) is 0 Å². The predicted octanol–water partition coefficient (Wildman–Crippen LogP) is 1.40. The highest BCUT2D eigenvalue weighted by molar-refractivity contribution is 5.86. The first kappa shape index (κ1) is 17.1. The summed E-state index contributed by atoms with van der Waals surface area (Å²) in [5.74, 6) is -0.0307. The van der Waals surface area contributed by atoms with E-state index in [0.717, 1.165) is 19.3 Å². The molecule has 1 amide bonds. The van der Waals surface area contributed by atoms with E-state index in [4.69, 9.17) is 0 Å². The van der Waals surface area contributed by atoms with E-state index in [1.165, 1.54) is 18.0 Å². The topological polar surface area (TPSA) is 86.1 Å². The Labute approximate surface area is 125 Å². The lowest BCUT2D eigenvalue weighted by Crippen LogP contribution is -2.35. The number of amides is 1. The monoisotopic (exact) mass is 296 g/mol. The Balaban J connectivity index is 2.36. The summed E-state index contributed by atoms with van der Waals surface area (Å²) in [6.07, 6.45) is 4.60. The van der Waals surface area contributed by atoms with Crippen molar-refractivity contribution in [1.82, 2.24) is 20.3 Å². The van der Waals surface area contributed by atoms with Crippen molar-refractivity contribution in [2.24, 2.45) is 5.92 Å². The molecule has 0 aromatic carbocycles. The summed E-state index contributed by atoms with van der Waals surface area (Å²) < 4.78 is 5.85. The molecule has 0 radical (unpaired) electrons.